The Labute approximate surface area is 108 Å². The van der Waals surface area contributed by atoms with Gasteiger partial charge in [0.2, 0.25) is 0 Å². The van der Waals surface area contributed by atoms with E-state index >= 15 is 0 Å². The Hall–Kier alpha value is -1.06. The lowest BCUT2D eigenvalue weighted by molar-refractivity contribution is -0.0127. The summed E-state index contributed by atoms with van der Waals surface area (Å²) in [7, 11) is 1.73. The van der Waals surface area contributed by atoms with Gasteiger partial charge in [0.25, 0.3) is 0 Å². The molecule has 2 saturated heterocycles. The average molecular weight is 247 g/mol. The van der Waals surface area contributed by atoms with E-state index in [-0.39, 0.29) is 6.10 Å². The summed E-state index contributed by atoms with van der Waals surface area (Å²) in [5.74, 6) is 1.77. The number of ether oxygens (including phenoxy) is 1. The van der Waals surface area contributed by atoms with Gasteiger partial charge >= 0.3 is 0 Å². The lowest BCUT2D eigenvalue weighted by Crippen LogP contribution is -2.50. The van der Waals surface area contributed by atoms with Crippen molar-refractivity contribution < 1.29 is 9.84 Å². The summed E-state index contributed by atoms with van der Waals surface area (Å²) in [4.78, 5) is 2.48. The highest BCUT2D eigenvalue weighted by molar-refractivity contribution is 5.37. The number of fused-ring (bicyclic) bond motifs is 2. The molecule has 2 aliphatic heterocycles. The van der Waals surface area contributed by atoms with Gasteiger partial charge in [0.15, 0.2) is 0 Å². The van der Waals surface area contributed by atoms with Crippen LogP contribution in [0.5, 0.6) is 5.75 Å². The van der Waals surface area contributed by atoms with Gasteiger partial charge in [-0.25, -0.2) is 0 Å². The first-order chi connectivity index (χ1) is 8.79. The highest BCUT2D eigenvalue weighted by atomic mass is 16.5. The van der Waals surface area contributed by atoms with Crippen LogP contribution >= 0.6 is 0 Å². The molecular formula is C15H21NO2. The lowest BCUT2D eigenvalue weighted by Gasteiger charge is -2.45. The van der Waals surface area contributed by atoms with Crippen molar-refractivity contribution in [3.05, 3.63) is 29.8 Å². The minimum Gasteiger partial charge on any atom is -0.496 e. The third-order valence-electron chi connectivity index (χ3n) is 4.52. The Balaban J connectivity index is 1.90. The summed E-state index contributed by atoms with van der Waals surface area (Å²) >= 11 is 0. The van der Waals surface area contributed by atoms with Crippen LogP contribution < -0.4 is 4.74 Å². The normalized spacial score (nSPS) is 35.2. The van der Waals surface area contributed by atoms with Crippen molar-refractivity contribution >= 4 is 0 Å². The molecule has 18 heavy (non-hydrogen) atoms. The maximum Gasteiger partial charge on any atom is 0.122 e. The monoisotopic (exact) mass is 247 g/mol. The summed E-state index contributed by atoms with van der Waals surface area (Å²) in [6.45, 7) is 3.23. The second-order valence-electron chi connectivity index (χ2n) is 5.46. The number of rotatable bonds is 2. The van der Waals surface area contributed by atoms with E-state index < -0.39 is 0 Å². The number of hydrogen-bond donors (Lipinski definition) is 1. The van der Waals surface area contributed by atoms with Crippen LogP contribution in [0.3, 0.4) is 0 Å². The number of nitrogens with zero attached hydrogens (tertiary/aromatic N) is 1. The minimum atomic E-state index is -0.156. The number of hydrogen-bond acceptors (Lipinski definition) is 3. The SMILES string of the molecule is COc1ccccc1C1CCN2CCC(O)C1C2. The molecule has 98 valence electrons. The molecule has 2 bridgehead atoms. The van der Waals surface area contributed by atoms with Gasteiger partial charge in [-0.2, -0.15) is 0 Å². The van der Waals surface area contributed by atoms with Crippen molar-refractivity contribution in [1.82, 2.24) is 4.90 Å². The fourth-order valence-electron chi connectivity index (χ4n) is 3.53. The Bertz CT molecular complexity index is 421. The van der Waals surface area contributed by atoms with Gasteiger partial charge in [0.05, 0.1) is 13.2 Å². The van der Waals surface area contributed by atoms with Crippen LogP contribution in [-0.4, -0.2) is 42.9 Å². The van der Waals surface area contributed by atoms with Gasteiger partial charge < -0.3 is 14.7 Å². The van der Waals surface area contributed by atoms with Crippen LogP contribution in [0.1, 0.15) is 24.3 Å². The molecule has 0 aromatic heterocycles. The molecule has 1 aromatic carbocycles. The van der Waals surface area contributed by atoms with Crippen LogP contribution in [0.25, 0.3) is 0 Å². The van der Waals surface area contributed by atoms with E-state index in [0.717, 1.165) is 38.2 Å². The Kier molecular flexibility index (Phi) is 3.27. The topological polar surface area (TPSA) is 32.7 Å². The fraction of sp³-hybridized carbons (Fsp3) is 0.600. The Morgan fingerprint density at radius 1 is 1.22 bits per heavy atom. The smallest absolute Gasteiger partial charge is 0.122 e. The average Bonchev–Trinajstić information content (AvgIpc) is 2.43. The molecule has 2 heterocycles. The molecule has 3 nitrogen and oxygen atoms in total. The predicted molar refractivity (Wildman–Crippen MR) is 70.9 cm³/mol. The number of methoxy groups -OCH3 is 1. The van der Waals surface area contributed by atoms with Crippen molar-refractivity contribution in [2.45, 2.75) is 24.9 Å². The third kappa shape index (κ3) is 2.02. The summed E-state index contributed by atoms with van der Waals surface area (Å²) in [5.41, 5.74) is 1.27. The zero-order chi connectivity index (χ0) is 12.5. The largest absolute Gasteiger partial charge is 0.496 e. The molecule has 3 heteroatoms. The van der Waals surface area contributed by atoms with Crippen molar-refractivity contribution in [3.8, 4) is 5.75 Å². The quantitative estimate of drug-likeness (QED) is 0.866. The van der Waals surface area contributed by atoms with Crippen molar-refractivity contribution in [2.24, 2.45) is 5.92 Å². The van der Waals surface area contributed by atoms with E-state index in [1.807, 2.05) is 12.1 Å². The molecule has 0 radical (unpaired) electrons. The van der Waals surface area contributed by atoms with E-state index in [1.54, 1.807) is 7.11 Å². The Morgan fingerprint density at radius 2 is 2.00 bits per heavy atom. The van der Waals surface area contributed by atoms with Crippen LogP contribution in [0, 0.1) is 5.92 Å². The van der Waals surface area contributed by atoms with Gasteiger partial charge in [-0.05, 0) is 36.9 Å². The fourth-order valence-corrected chi connectivity index (χ4v) is 3.53. The second-order valence-corrected chi connectivity index (χ2v) is 5.46. The Morgan fingerprint density at radius 3 is 2.83 bits per heavy atom. The first-order valence-electron chi connectivity index (χ1n) is 6.83. The number of para-hydroxylation sites is 1. The van der Waals surface area contributed by atoms with Gasteiger partial charge in [-0.3, -0.25) is 0 Å². The predicted octanol–water partition coefficient (Wildman–Crippen LogP) is 1.87. The molecule has 0 spiro atoms. The van der Waals surface area contributed by atoms with E-state index in [4.69, 9.17) is 4.74 Å². The van der Waals surface area contributed by atoms with Crippen LogP contribution in [-0.2, 0) is 0 Å². The minimum absolute atomic E-state index is 0.156. The standard InChI is InChI=1S/C15H21NO2/c1-18-15-5-3-2-4-12(15)11-6-8-16-9-7-14(17)13(11)10-16/h2-5,11,13-14,17H,6-10H2,1H3. The van der Waals surface area contributed by atoms with Gasteiger partial charge in [0.1, 0.15) is 5.75 Å². The first-order valence-corrected chi connectivity index (χ1v) is 6.83. The summed E-state index contributed by atoms with van der Waals surface area (Å²) in [6, 6.07) is 8.26. The molecule has 0 saturated carbocycles. The van der Waals surface area contributed by atoms with E-state index in [0.29, 0.717) is 11.8 Å². The maximum absolute atomic E-state index is 10.2. The molecule has 0 amide bonds. The number of piperidine rings is 2. The van der Waals surface area contributed by atoms with Crippen LogP contribution in [0.4, 0.5) is 0 Å². The van der Waals surface area contributed by atoms with E-state index in [1.165, 1.54) is 5.56 Å². The van der Waals surface area contributed by atoms with Gasteiger partial charge in [0, 0.05) is 19.0 Å². The van der Waals surface area contributed by atoms with E-state index in [9.17, 15) is 5.11 Å². The highest BCUT2D eigenvalue weighted by Crippen LogP contribution is 2.41. The maximum atomic E-state index is 10.2. The zero-order valence-electron chi connectivity index (χ0n) is 10.9. The summed E-state index contributed by atoms with van der Waals surface area (Å²) < 4.78 is 5.48. The molecule has 1 N–H and O–H groups in total. The number of aliphatic hydroxyl groups excluding tert-OH is 1. The molecule has 0 aliphatic carbocycles. The molecular weight excluding hydrogens is 226 g/mol. The van der Waals surface area contributed by atoms with Crippen LogP contribution in [0.15, 0.2) is 24.3 Å². The third-order valence-corrected chi connectivity index (χ3v) is 4.52. The van der Waals surface area contributed by atoms with Gasteiger partial charge in [-0.1, -0.05) is 18.2 Å². The first kappa shape index (κ1) is 12.0. The second kappa shape index (κ2) is 4.90. The van der Waals surface area contributed by atoms with Crippen molar-refractivity contribution in [1.29, 1.82) is 0 Å². The number of benzene rings is 1. The molecule has 4 atom stereocenters. The van der Waals surface area contributed by atoms with Gasteiger partial charge in [-0.15, -0.1) is 0 Å². The van der Waals surface area contributed by atoms with Crippen molar-refractivity contribution in [2.75, 3.05) is 26.7 Å². The number of aliphatic hydroxyl groups is 1. The lowest BCUT2D eigenvalue weighted by atomic mass is 9.74. The highest BCUT2D eigenvalue weighted by Gasteiger charge is 2.39. The van der Waals surface area contributed by atoms with Crippen LogP contribution in [0.2, 0.25) is 0 Å². The molecule has 4 unspecified atom stereocenters. The molecule has 1 aromatic rings. The molecule has 3 rings (SSSR count). The van der Waals surface area contributed by atoms with Crippen molar-refractivity contribution in [3.63, 3.8) is 0 Å². The molecule has 2 aliphatic rings. The summed E-state index contributed by atoms with van der Waals surface area (Å²) in [6.07, 6.45) is 1.88. The van der Waals surface area contributed by atoms with E-state index in [2.05, 4.69) is 17.0 Å². The summed E-state index contributed by atoms with van der Waals surface area (Å²) in [5, 5.41) is 10.2. The molecule has 2 fully saturated rings. The zero-order valence-corrected chi connectivity index (χ0v) is 10.9.